The first-order valence-electron chi connectivity index (χ1n) is 6.69. The maximum atomic E-state index is 5.36. The largest absolute Gasteiger partial charge is 0.493 e. The molecule has 0 unspecified atom stereocenters. The van der Waals surface area contributed by atoms with E-state index in [1.54, 1.807) is 44.1 Å². The topological polar surface area (TPSA) is 57.1 Å². The molecule has 0 atom stereocenters. The molecule has 6 heteroatoms. The lowest BCUT2D eigenvalue weighted by Gasteiger charge is -2.08. The number of aryl methyl sites for hydroxylation is 1. The van der Waals surface area contributed by atoms with Crippen LogP contribution in [-0.2, 0) is 0 Å². The molecule has 0 saturated heterocycles. The van der Waals surface area contributed by atoms with E-state index in [9.17, 15) is 0 Å². The van der Waals surface area contributed by atoms with Crippen molar-refractivity contribution in [1.82, 2.24) is 15.0 Å². The zero-order valence-corrected chi connectivity index (χ0v) is 13.3. The fourth-order valence-electron chi connectivity index (χ4n) is 2.17. The Balaban J connectivity index is 2.04. The maximum absolute atomic E-state index is 5.36. The number of benzene rings is 1. The van der Waals surface area contributed by atoms with Crippen molar-refractivity contribution in [3.63, 3.8) is 0 Å². The van der Waals surface area contributed by atoms with Gasteiger partial charge in [-0.05, 0) is 25.1 Å². The van der Waals surface area contributed by atoms with E-state index in [1.165, 1.54) is 0 Å². The molecule has 0 bridgehead atoms. The van der Waals surface area contributed by atoms with Gasteiger partial charge >= 0.3 is 0 Å². The third-order valence-electron chi connectivity index (χ3n) is 3.24. The summed E-state index contributed by atoms with van der Waals surface area (Å²) in [5.41, 5.74) is 2.69. The number of thiazole rings is 1. The molecule has 0 aliphatic carbocycles. The summed E-state index contributed by atoms with van der Waals surface area (Å²) in [4.78, 5) is 14.2. The molecule has 22 heavy (non-hydrogen) atoms. The predicted molar refractivity (Wildman–Crippen MR) is 86.4 cm³/mol. The van der Waals surface area contributed by atoms with Gasteiger partial charge in [0.15, 0.2) is 11.5 Å². The number of nitrogens with zero attached hydrogens (tertiary/aromatic N) is 3. The van der Waals surface area contributed by atoms with Crippen molar-refractivity contribution in [2.45, 2.75) is 6.92 Å². The maximum Gasteiger partial charge on any atom is 0.161 e. The van der Waals surface area contributed by atoms with Crippen molar-refractivity contribution < 1.29 is 9.47 Å². The first kappa shape index (κ1) is 14.5. The summed E-state index contributed by atoms with van der Waals surface area (Å²) in [5, 5.41) is 0.857. The molecule has 2 aromatic heterocycles. The van der Waals surface area contributed by atoms with Crippen LogP contribution in [0.5, 0.6) is 11.5 Å². The van der Waals surface area contributed by atoms with Gasteiger partial charge in [0, 0.05) is 22.8 Å². The summed E-state index contributed by atoms with van der Waals surface area (Å²) < 4.78 is 10.6. The minimum absolute atomic E-state index is 0.688. The van der Waals surface area contributed by atoms with E-state index in [1.807, 2.05) is 25.1 Å². The van der Waals surface area contributed by atoms with Gasteiger partial charge in [-0.3, -0.25) is 9.97 Å². The smallest absolute Gasteiger partial charge is 0.161 e. The highest BCUT2D eigenvalue weighted by Crippen LogP contribution is 2.36. The fraction of sp³-hybridized carbons (Fsp3) is 0.188. The molecule has 5 nitrogen and oxygen atoms in total. The minimum Gasteiger partial charge on any atom is -0.493 e. The Kier molecular flexibility index (Phi) is 4.02. The molecule has 3 rings (SSSR count). The first-order chi connectivity index (χ1) is 10.7. The molecule has 3 aromatic rings. The third-order valence-corrected chi connectivity index (χ3v) is 4.23. The third kappa shape index (κ3) is 2.65. The van der Waals surface area contributed by atoms with E-state index in [-0.39, 0.29) is 0 Å². The second kappa shape index (κ2) is 6.11. The molecule has 0 spiro atoms. The monoisotopic (exact) mass is 313 g/mol. The summed E-state index contributed by atoms with van der Waals surface area (Å²) in [7, 11) is 3.25. The summed E-state index contributed by atoms with van der Waals surface area (Å²) in [6, 6.07) is 5.79. The molecule has 0 saturated carbocycles. The van der Waals surface area contributed by atoms with Gasteiger partial charge in [-0.2, -0.15) is 0 Å². The fourth-order valence-corrected chi connectivity index (χ4v) is 3.06. The van der Waals surface area contributed by atoms with Crippen LogP contribution in [0.25, 0.3) is 22.0 Å². The average Bonchev–Trinajstić information content (AvgIpc) is 2.97. The molecule has 2 heterocycles. The second-order valence-corrected chi connectivity index (χ2v) is 5.79. The Bertz CT molecular complexity index is 787. The minimum atomic E-state index is 0.688. The van der Waals surface area contributed by atoms with Crippen molar-refractivity contribution in [1.29, 1.82) is 0 Å². The van der Waals surface area contributed by atoms with Crippen molar-refractivity contribution in [2.75, 3.05) is 14.2 Å². The quantitative estimate of drug-likeness (QED) is 0.736. The summed E-state index contributed by atoms with van der Waals surface area (Å²) >= 11 is 1.60. The van der Waals surface area contributed by atoms with E-state index in [4.69, 9.17) is 14.5 Å². The summed E-state index contributed by atoms with van der Waals surface area (Å²) in [6.45, 7) is 2.05. The van der Waals surface area contributed by atoms with Crippen molar-refractivity contribution in [3.05, 3.63) is 41.7 Å². The second-order valence-electron chi connectivity index (χ2n) is 4.58. The molecular formula is C16H15N3O2S. The van der Waals surface area contributed by atoms with Crippen molar-refractivity contribution in [2.24, 2.45) is 0 Å². The Morgan fingerprint density at radius 3 is 2.55 bits per heavy atom. The van der Waals surface area contributed by atoms with E-state index < -0.39 is 0 Å². The molecule has 0 radical (unpaired) electrons. The normalized spacial score (nSPS) is 10.5. The van der Waals surface area contributed by atoms with Gasteiger partial charge in [-0.1, -0.05) is 0 Å². The Morgan fingerprint density at radius 2 is 1.86 bits per heavy atom. The van der Waals surface area contributed by atoms with Crippen LogP contribution in [0.2, 0.25) is 0 Å². The van der Waals surface area contributed by atoms with E-state index in [0.29, 0.717) is 11.5 Å². The highest BCUT2D eigenvalue weighted by molar-refractivity contribution is 7.15. The standard InChI is InChI=1S/C16H15N3O2S/c1-10-15(11-4-5-13(20-2)14(8-11)21-3)19-16(22-10)12-9-17-6-7-18-12/h4-9H,1-3H3. The van der Waals surface area contributed by atoms with Crippen LogP contribution < -0.4 is 9.47 Å². The number of rotatable bonds is 4. The van der Waals surface area contributed by atoms with Crippen molar-refractivity contribution >= 4 is 11.3 Å². The number of hydrogen-bond donors (Lipinski definition) is 0. The molecule has 0 N–H and O–H groups in total. The zero-order valence-electron chi connectivity index (χ0n) is 12.5. The molecule has 0 aliphatic heterocycles. The van der Waals surface area contributed by atoms with Gasteiger partial charge in [0.2, 0.25) is 0 Å². The average molecular weight is 313 g/mol. The predicted octanol–water partition coefficient (Wildman–Crippen LogP) is 3.59. The van der Waals surface area contributed by atoms with Crippen LogP contribution in [0, 0.1) is 6.92 Å². The number of hydrogen-bond acceptors (Lipinski definition) is 6. The van der Waals surface area contributed by atoms with Gasteiger partial charge in [-0.15, -0.1) is 11.3 Å². The van der Waals surface area contributed by atoms with Crippen molar-refractivity contribution in [3.8, 4) is 33.5 Å². The highest BCUT2D eigenvalue weighted by Gasteiger charge is 2.14. The summed E-state index contributed by atoms with van der Waals surface area (Å²) in [5.74, 6) is 1.39. The lowest BCUT2D eigenvalue weighted by Crippen LogP contribution is -1.91. The van der Waals surface area contributed by atoms with Gasteiger partial charge in [-0.25, -0.2) is 4.98 Å². The lowest BCUT2D eigenvalue weighted by atomic mass is 10.1. The first-order valence-corrected chi connectivity index (χ1v) is 7.50. The Labute approximate surface area is 132 Å². The molecule has 0 aliphatic rings. The molecule has 1 aromatic carbocycles. The van der Waals surface area contributed by atoms with Crippen LogP contribution in [0.1, 0.15) is 4.88 Å². The van der Waals surface area contributed by atoms with Crippen LogP contribution >= 0.6 is 11.3 Å². The van der Waals surface area contributed by atoms with Crippen LogP contribution in [-0.4, -0.2) is 29.2 Å². The molecule has 112 valence electrons. The van der Waals surface area contributed by atoms with Gasteiger partial charge in [0.25, 0.3) is 0 Å². The molecule has 0 fully saturated rings. The molecular weight excluding hydrogens is 298 g/mol. The number of ether oxygens (including phenoxy) is 2. The van der Waals surface area contributed by atoms with Gasteiger partial charge in [0.05, 0.1) is 26.1 Å². The lowest BCUT2D eigenvalue weighted by molar-refractivity contribution is 0.355. The number of methoxy groups -OCH3 is 2. The van der Waals surface area contributed by atoms with Gasteiger partial charge < -0.3 is 9.47 Å². The molecule has 0 amide bonds. The van der Waals surface area contributed by atoms with E-state index in [2.05, 4.69) is 9.97 Å². The summed E-state index contributed by atoms with van der Waals surface area (Å²) in [6.07, 6.45) is 5.04. The SMILES string of the molecule is COc1ccc(-c2nc(-c3cnccn3)sc2C)cc1OC. The Morgan fingerprint density at radius 1 is 1.05 bits per heavy atom. The highest BCUT2D eigenvalue weighted by atomic mass is 32.1. The van der Waals surface area contributed by atoms with Crippen LogP contribution in [0.3, 0.4) is 0 Å². The van der Waals surface area contributed by atoms with E-state index in [0.717, 1.165) is 26.8 Å². The van der Waals surface area contributed by atoms with E-state index >= 15 is 0 Å². The zero-order chi connectivity index (χ0) is 15.5. The van der Waals surface area contributed by atoms with Crippen LogP contribution in [0.15, 0.2) is 36.8 Å². The van der Waals surface area contributed by atoms with Gasteiger partial charge in [0.1, 0.15) is 10.7 Å². The number of aromatic nitrogens is 3. The Hall–Kier alpha value is -2.47. The van der Waals surface area contributed by atoms with Crippen LogP contribution in [0.4, 0.5) is 0 Å².